The molecule has 1 heterocycles. The minimum absolute atomic E-state index is 0.0529. The summed E-state index contributed by atoms with van der Waals surface area (Å²) in [7, 11) is -3.13. The maximum atomic E-state index is 11.3. The van der Waals surface area contributed by atoms with Gasteiger partial charge in [0.05, 0.1) is 12.4 Å². The highest BCUT2D eigenvalue weighted by Gasteiger charge is 2.22. The normalized spacial score (nSPS) is 18.5. The molecule has 0 aliphatic carbocycles. The summed E-state index contributed by atoms with van der Waals surface area (Å²) in [5.41, 5.74) is 0. The minimum Gasteiger partial charge on any atom is -0.381 e. The van der Waals surface area contributed by atoms with E-state index in [1.807, 2.05) is 6.92 Å². The number of sulfonamides is 1. The molecule has 0 unspecified atom stereocenters. The van der Waals surface area contributed by atoms with Crippen LogP contribution in [0.1, 0.15) is 6.92 Å². The van der Waals surface area contributed by atoms with Crippen molar-refractivity contribution in [1.29, 1.82) is 0 Å². The molecular weight excluding hydrogens is 192 g/mol. The maximum Gasteiger partial charge on any atom is 0.214 e. The van der Waals surface area contributed by atoms with E-state index >= 15 is 0 Å². The van der Waals surface area contributed by atoms with Gasteiger partial charge in [0.25, 0.3) is 0 Å². The molecule has 0 bridgehead atoms. The molecular formula is C7H16N2O3S. The highest BCUT2D eigenvalue weighted by atomic mass is 32.2. The van der Waals surface area contributed by atoms with Crippen molar-refractivity contribution in [1.82, 2.24) is 10.0 Å². The van der Waals surface area contributed by atoms with Crippen LogP contribution in [0, 0.1) is 0 Å². The van der Waals surface area contributed by atoms with Gasteiger partial charge in [-0.1, -0.05) is 0 Å². The highest BCUT2D eigenvalue weighted by molar-refractivity contribution is 7.89. The van der Waals surface area contributed by atoms with Gasteiger partial charge in [-0.3, -0.25) is 0 Å². The average molecular weight is 208 g/mol. The van der Waals surface area contributed by atoms with Gasteiger partial charge in [0.1, 0.15) is 0 Å². The molecule has 2 N–H and O–H groups in total. The molecule has 0 atom stereocenters. The molecule has 0 aromatic rings. The molecule has 1 fully saturated rings. The average Bonchev–Trinajstić information content (AvgIpc) is 1.98. The molecule has 1 aliphatic rings. The fourth-order valence-corrected chi connectivity index (χ4v) is 2.13. The van der Waals surface area contributed by atoms with E-state index in [1.54, 1.807) is 0 Å². The lowest BCUT2D eigenvalue weighted by Crippen LogP contribution is -2.57. The second-order valence-electron chi connectivity index (χ2n) is 2.99. The van der Waals surface area contributed by atoms with Crippen LogP contribution < -0.4 is 10.0 Å². The Morgan fingerprint density at radius 2 is 2.23 bits per heavy atom. The molecule has 0 radical (unpaired) electrons. The zero-order valence-corrected chi connectivity index (χ0v) is 8.56. The molecule has 13 heavy (non-hydrogen) atoms. The molecule has 1 rings (SSSR count). The van der Waals surface area contributed by atoms with Gasteiger partial charge in [-0.2, -0.15) is 0 Å². The third-order valence-corrected chi connectivity index (χ3v) is 3.22. The SMILES string of the molecule is CCOCCS(=O)(=O)NC1CNC1. The predicted molar refractivity (Wildman–Crippen MR) is 50.1 cm³/mol. The van der Waals surface area contributed by atoms with Crippen molar-refractivity contribution in [2.75, 3.05) is 32.1 Å². The van der Waals surface area contributed by atoms with Gasteiger partial charge in [0.2, 0.25) is 10.0 Å². The number of hydrogen-bond acceptors (Lipinski definition) is 4. The Morgan fingerprint density at radius 1 is 1.54 bits per heavy atom. The van der Waals surface area contributed by atoms with Gasteiger partial charge in [0, 0.05) is 25.7 Å². The molecule has 5 nitrogen and oxygen atoms in total. The molecule has 0 saturated carbocycles. The van der Waals surface area contributed by atoms with Crippen LogP contribution in [0.2, 0.25) is 0 Å². The number of nitrogens with one attached hydrogen (secondary N) is 2. The van der Waals surface area contributed by atoms with E-state index in [2.05, 4.69) is 10.0 Å². The number of hydrogen-bond donors (Lipinski definition) is 2. The highest BCUT2D eigenvalue weighted by Crippen LogP contribution is 1.95. The fourth-order valence-electron chi connectivity index (χ4n) is 0.998. The van der Waals surface area contributed by atoms with E-state index in [1.165, 1.54) is 0 Å². The summed E-state index contributed by atoms with van der Waals surface area (Å²) in [5, 5.41) is 2.99. The van der Waals surface area contributed by atoms with Gasteiger partial charge in [0.15, 0.2) is 0 Å². The lowest BCUT2D eigenvalue weighted by molar-refractivity contribution is 0.163. The first-order chi connectivity index (χ1) is 6.14. The summed E-state index contributed by atoms with van der Waals surface area (Å²) in [5.74, 6) is 0.0529. The first-order valence-electron chi connectivity index (χ1n) is 4.42. The largest absolute Gasteiger partial charge is 0.381 e. The van der Waals surface area contributed by atoms with E-state index in [-0.39, 0.29) is 18.4 Å². The summed E-state index contributed by atoms with van der Waals surface area (Å²) >= 11 is 0. The summed E-state index contributed by atoms with van der Waals surface area (Å²) in [4.78, 5) is 0. The van der Waals surface area contributed by atoms with Crippen molar-refractivity contribution in [2.24, 2.45) is 0 Å². The molecule has 0 aromatic carbocycles. The fraction of sp³-hybridized carbons (Fsp3) is 1.00. The zero-order valence-electron chi connectivity index (χ0n) is 7.75. The van der Waals surface area contributed by atoms with Crippen molar-refractivity contribution in [2.45, 2.75) is 13.0 Å². The Labute approximate surface area is 78.9 Å². The van der Waals surface area contributed by atoms with Crippen LogP contribution in [0.15, 0.2) is 0 Å². The van der Waals surface area contributed by atoms with Gasteiger partial charge < -0.3 is 10.1 Å². The first kappa shape index (κ1) is 10.9. The van der Waals surface area contributed by atoms with Crippen LogP contribution in [0.4, 0.5) is 0 Å². The molecule has 78 valence electrons. The van der Waals surface area contributed by atoms with Crippen LogP contribution in [0.25, 0.3) is 0 Å². The lowest BCUT2D eigenvalue weighted by atomic mass is 10.2. The van der Waals surface area contributed by atoms with Crippen LogP contribution >= 0.6 is 0 Å². The topological polar surface area (TPSA) is 67.4 Å². The molecule has 0 aromatic heterocycles. The van der Waals surface area contributed by atoms with Crippen molar-refractivity contribution in [3.05, 3.63) is 0 Å². The number of rotatable bonds is 6. The standard InChI is InChI=1S/C7H16N2O3S/c1-2-12-3-4-13(10,11)9-7-5-8-6-7/h7-9H,2-6H2,1H3. The Bertz CT molecular complexity index is 236. The zero-order chi connectivity index (χ0) is 9.73. The molecule has 0 amide bonds. The van der Waals surface area contributed by atoms with E-state index in [9.17, 15) is 8.42 Å². The van der Waals surface area contributed by atoms with Crippen LogP contribution in [0.3, 0.4) is 0 Å². The van der Waals surface area contributed by atoms with E-state index in [0.717, 1.165) is 13.1 Å². The summed E-state index contributed by atoms with van der Waals surface area (Å²) < 4.78 is 30.1. The second kappa shape index (κ2) is 4.90. The van der Waals surface area contributed by atoms with Crippen molar-refractivity contribution in [3.8, 4) is 0 Å². The van der Waals surface area contributed by atoms with Crippen molar-refractivity contribution in [3.63, 3.8) is 0 Å². The number of ether oxygens (including phenoxy) is 1. The Morgan fingerprint density at radius 3 is 2.69 bits per heavy atom. The van der Waals surface area contributed by atoms with Gasteiger partial charge >= 0.3 is 0 Å². The Kier molecular flexibility index (Phi) is 4.11. The predicted octanol–water partition coefficient (Wildman–Crippen LogP) is -1.09. The van der Waals surface area contributed by atoms with E-state index in [0.29, 0.717) is 6.61 Å². The van der Waals surface area contributed by atoms with Crippen LogP contribution in [0.5, 0.6) is 0 Å². The van der Waals surface area contributed by atoms with Gasteiger partial charge in [-0.05, 0) is 6.92 Å². The molecule has 6 heteroatoms. The second-order valence-corrected chi connectivity index (χ2v) is 4.86. The van der Waals surface area contributed by atoms with Crippen LogP contribution in [-0.2, 0) is 14.8 Å². The minimum atomic E-state index is -3.13. The third kappa shape index (κ3) is 4.04. The first-order valence-corrected chi connectivity index (χ1v) is 6.08. The summed E-state index contributed by atoms with van der Waals surface area (Å²) in [6, 6.07) is 0.0756. The van der Waals surface area contributed by atoms with Crippen molar-refractivity contribution >= 4 is 10.0 Å². The van der Waals surface area contributed by atoms with Gasteiger partial charge in [-0.15, -0.1) is 0 Å². The molecule has 0 spiro atoms. The Hall–Kier alpha value is -0.170. The Balaban J connectivity index is 2.20. The quantitative estimate of drug-likeness (QED) is 0.545. The summed E-state index contributed by atoms with van der Waals surface area (Å²) in [6.45, 7) is 4.13. The van der Waals surface area contributed by atoms with E-state index < -0.39 is 10.0 Å². The third-order valence-electron chi connectivity index (χ3n) is 1.83. The monoisotopic (exact) mass is 208 g/mol. The van der Waals surface area contributed by atoms with Gasteiger partial charge in [-0.25, -0.2) is 13.1 Å². The van der Waals surface area contributed by atoms with E-state index in [4.69, 9.17) is 4.74 Å². The van der Waals surface area contributed by atoms with Crippen molar-refractivity contribution < 1.29 is 13.2 Å². The lowest BCUT2D eigenvalue weighted by Gasteiger charge is -2.27. The van der Waals surface area contributed by atoms with Crippen LogP contribution in [-0.4, -0.2) is 46.5 Å². The maximum absolute atomic E-state index is 11.3. The molecule has 1 saturated heterocycles. The smallest absolute Gasteiger partial charge is 0.214 e. The summed E-state index contributed by atoms with van der Waals surface area (Å²) in [6.07, 6.45) is 0. The molecule has 1 aliphatic heterocycles.